The number of ketones is 1. The van der Waals surface area contributed by atoms with Gasteiger partial charge in [0.25, 0.3) is 0 Å². The van der Waals surface area contributed by atoms with Crippen LogP contribution in [0.1, 0.15) is 64.5 Å². The lowest BCUT2D eigenvalue weighted by molar-refractivity contribution is -0.118. The number of benzene rings is 1. The van der Waals surface area contributed by atoms with Crippen molar-refractivity contribution < 1.29 is 27.8 Å². The molecule has 1 aliphatic carbocycles. The van der Waals surface area contributed by atoms with Crippen molar-refractivity contribution in [3.8, 4) is 22.1 Å². The Hall–Kier alpha value is -3.92. The van der Waals surface area contributed by atoms with Crippen molar-refractivity contribution in [3.63, 3.8) is 0 Å². The van der Waals surface area contributed by atoms with E-state index >= 15 is 0 Å². The van der Waals surface area contributed by atoms with E-state index in [1.807, 2.05) is 45.9 Å². The molecule has 3 aromatic heterocycles. The first-order chi connectivity index (χ1) is 20.5. The van der Waals surface area contributed by atoms with Gasteiger partial charge in [-0.1, -0.05) is 19.1 Å². The number of carbonyl (C=O) groups excluding carboxylic acids is 2. The number of rotatable bonds is 11. The zero-order valence-electron chi connectivity index (χ0n) is 24.8. The van der Waals surface area contributed by atoms with E-state index in [0.717, 1.165) is 29.7 Å². The van der Waals surface area contributed by atoms with Gasteiger partial charge in [-0.25, -0.2) is 9.18 Å². The molecule has 7 nitrogen and oxygen atoms in total. The molecular weight excluding hydrogens is 572 g/mol. The maximum absolute atomic E-state index is 15.0. The number of halogens is 2. The molecule has 0 atom stereocenters. The van der Waals surface area contributed by atoms with Crippen molar-refractivity contribution in [1.29, 1.82) is 0 Å². The van der Waals surface area contributed by atoms with Crippen molar-refractivity contribution >= 4 is 33.4 Å². The van der Waals surface area contributed by atoms with Crippen LogP contribution in [0.5, 0.6) is 11.5 Å². The van der Waals surface area contributed by atoms with Gasteiger partial charge in [0.15, 0.2) is 11.6 Å². The Balaban J connectivity index is 1.31. The summed E-state index contributed by atoms with van der Waals surface area (Å²) in [5, 5.41) is 0. The van der Waals surface area contributed by atoms with Crippen molar-refractivity contribution in [2.24, 2.45) is 5.92 Å². The normalized spacial score (nSPS) is 13.3. The molecule has 5 rings (SSSR count). The van der Waals surface area contributed by atoms with Gasteiger partial charge in [-0.2, -0.15) is 4.39 Å². The van der Waals surface area contributed by atoms with Crippen molar-refractivity contribution in [1.82, 2.24) is 14.9 Å². The van der Waals surface area contributed by atoms with Gasteiger partial charge >= 0.3 is 6.09 Å². The fourth-order valence-electron chi connectivity index (χ4n) is 4.67. The van der Waals surface area contributed by atoms with Gasteiger partial charge in [-0.15, -0.1) is 11.3 Å². The van der Waals surface area contributed by atoms with Crippen LogP contribution in [0, 0.1) is 17.6 Å². The molecule has 10 heteroatoms. The minimum Gasteiger partial charge on any atom is -0.453 e. The van der Waals surface area contributed by atoms with E-state index in [4.69, 9.17) is 9.47 Å². The standard InChI is InChI=1S/C33H35F2N3O4S/c1-5-14-38(32(40)42-33(2,3)4)19-21-8-10-24(37-18-21)28-17-25-31(43-28)27(12-13-36-25)41-26-11-9-22(29(34)30(26)35)16-23(39)15-20-6-7-20/h8-13,17-18,20H,5-7,14-16,19H2,1-4H3. The second-order valence-corrected chi connectivity index (χ2v) is 13.0. The van der Waals surface area contributed by atoms with Crippen LogP contribution in [0.3, 0.4) is 0 Å². The third-order valence-electron chi connectivity index (χ3n) is 6.92. The molecule has 0 aliphatic heterocycles. The molecule has 0 bridgehead atoms. The maximum Gasteiger partial charge on any atom is 0.410 e. The first-order valence-electron chi connectivity index (χ1n) is 14.5. The molecule has 4 aromatic rings. The van der Waals surface area contributed by atoms with Crippen LogP contribution in [-0.2, 0) is 22.5 Å². The largest absolute Gasteiger partial charge is 0.453 e. The summed E-state index contributed by atoms with van der Waals surface area (Å²) in [6, 6.07) is 10.0. The Labute approximate surface area is 253 Å². The monoisotopic (exact) mass is 607 g/mol. The number of amides is 1. The number of Topliss-reactive ketones (excluding diaryl/α,β-unsaturated/α-hetero) is 1. The first kappa shape index (κ1) is 30.5. The second-order valence-electron chi connectivity index (χ2n) is 11.9. The Kier molecular flexibility index (Phi) is 9.05. The van der Waals surface area contributed by atoms with Crippen LogP contribution in [0.2, 0.25) is 0 Å². The number of nitrogens with zero attached hydrogens (tertiary/aromatic N) is 3. The van der Waals surface area contributed by atoms with Crippen molar-refractivity contribution in [2.75, 3.05) is 6.54 Å². The van der Waals surface area contributed by atoms with Gasteiger partial charge in [0, 0.05) is 37.8 Å². The van der Waals surface area contributed by atoms with Crippen molar-refractivity contribution in [3.05, 3.63) is 71.6 Å². The minimum absolute atomic E-state index is 0.0345. The molecule has 3 heterocycles. The average Bonchev–Trinajstić information content (AvgIpc) is 3.65. The summed E-state index contributed by atoms with van der Waals surface area (Å²) in [5.74, 6) is -1.81. The number of hydrogen-bond acceptors (Lipinski definition) is 7. The molecule has 1 amide bonds. The quantitative estimate of drug-likeness (QED) is 0.170. The molecule has 1 aromatic carbocycles. The van der Waals surface area contributed by atoms with E-state index in [1.54, 1.807) is 23.4 Å². The summed E-state index contributed by atoms with van der Waals surface area (Å²) in [7, 11) is 0. The Morgan fingerprint density at radius 1 is 1.05 bits per heavy atom. The summed E-state index contributed by atoms with van der Waals surface area (Å²) < 4.78 is 41.9. The van der Waals surface area contributed by atoms with Crippen LogP contribution in [-0.4, -0.2) is 38.9 Å². The number of pyridine rings is 2. The number of thiophene rings is 1. The van der Waals surface area contributed by atoms with Gasteiger partial charge in [0.2, 0.25) is 5.82 Å². The summed E-state index contributed by atoms with van der Waals surface area (Å²) in [6.07, 6.45) is 6.03. The first-order valence-corrected chi connectivity index (χ1v) is 15.3. The lowest BCUT2D eigenvalue weighted by Crippen LogP contribution is -2.36. The number of aromatic nitrogens is 2. The fourth-order valence-corrected chi connectivity index (χ4v) is 5.71. The Bertz CT molecular complexity index is 1630. The van der Waals surface area contributed by atoms with Gasteiger partial charge in [-0.05, 0) is 75.3 Å². The Morgan fingerprint density at radius 3 is 2.51 bits per heavy atom. The van der Waals surface area contributed by atoms with E-state index in [9.17, 15) is 18.4 Å². The van der Waals surface area contributed by atoms with Gasteiger partial charge in [0.05, 0.1) is 27.3 Å². The van der Waals surface area contributed by atoms with E-state index in [1.165, 1.54) is 23.5 Å². The summed E-state index contributed by atoms with van der Waals surface area (Å²) >= 11 is 1.37. The zero-order valence-corrected chi connectivity index (χ0v) is 25.6. The molecule has 226 valence electrons. The highest BCUT2D eigenvalue weighted by molar-refractivity contribution is 7.22. The van der Waals surface area contributed by atoms with Crippen LogP contribution in [0.15, 0.2) is 48.8 Å². The third kappa shape index (κ3) is 7.73. The van der Waals surface area contributed by atoms with E-state index < -0.39 is 17.2 Å². The number of ether oxygens (including phenoxy) is 2. The topological polar surface area (TPSA) is 81.6 Å². The lowest BCUT2D eigenvalue weighted by Gasteiger charge is -2.27. The highest BCUT2D eigenvalue weighted by Gasteiger charge is 2.26. The maximum atomic E-state index is 15.0. The molecule has 0 saturated heterocycles. The molecule has 0 N–H and O–H groups in total. The predicted octanol–water partition coefficient (Wildman–Crippen LogP) is 8.49. The highest BCUT2D eigenvalue weighted by Crippen LogP contribution is 2.40. The lowest BCUT2D eigenvalue weighted by atomic mass is 10.0. The summed E-state index contributed by atoms with van der Waals surface area (Å²) in [6.45, 7) is 8.46. The average molecular weight is 608 g/mol. The van der Waals surface area contributed by atoms with Gasteiger partial charge in [-0.3, -0.25) is 14.8 Å². The number of carbonyl (C=O) groups is 2. The fraction of sp³-hybridized carbons (Fsp3) is 0.394. The number of fused-ring (bicyclic) bond motifs is 1. The summed E-state index contributed by atoms with van der Waals surface area (Å²) in [5.41, 5.74) is 1.65. The van der Waals surface area contributed by atoms with Crippen LogP contribution < -0.4 is 4.74 Å². The second kappa shape index (κ2) is 12.8. The van der Waals surface area contributed by atoms with Crippen LogP contribution in [0.25, 0.3) is 20.8 Å². The van der Waals surface area contributed by atoms with Crippen molar-refractivity contribution in [2.45, 2.75) is 71.9 Å². The van der Waals surface area contributed by atoms with E-state index in [0.29, 0.717) is 47.1 Å². The predicted molar refractivity (Wildman–Crippen MR) is 162 cm³/mol. The smallest absolute Gasteiger partial charge is 0.410 e. The van der Waals surface area contributed by atoms with Crippen LogP contribution >= 0.6 is 11.3 Å². The molecular formula is C33H35F2N3O4S. The van der Waals surface area contributed by atoms with Crippen LogP contribution in [0.4, 0.5) is 13.6 Å². The SMILES string of the molecule is CCCN(Cc1ccc(-c2cc3nccc(Oc4ccc(CC(=O)CC5CC5)c(F)c4F)c3s2)nc1)C(=O)OC(C)(C)C. The molecule has 0 radical (unpaired) electrons. The summed E-state index contributed by atoms with van der Waals surface area (Å²) in [4.78, 5) is 36.3. The zero-order chi connectivity index (χ0) is 30.7. The Morgan fingerprint density at radius 2 is 1.84 bits per heavy atom. The van der Waals surface area contributed by atoms with Gasteiger partial charge in [0.1, 0.15) is 17.1 Å². The molecule has 0 spiro atoms. The molecule has 0 unspecified atom stereocenters. The highest BCUT2D eigenvalue weighted by atomic mass is 32.1. The number of hydrogen-bond donors (Lipinski definition) is 0. The van der Waals surface area contributed by atoms with Gasteiger partial charge < -0.3 is 14.4 Å². The third-order valence-corrected chi connectivity index (χ3v) is 8.08. The molecule has 1 aliphatic rings. The minimum atomic E-state index is -1.13. The molecule has 1 saturated carbocycles. The van der Waals surface area contributed by atoms with E-state index in [-0.39, 0.29) is 29.6 Å². The molecule has 43 heavy (non-hydrogen) atoms. The van der Waals surface area contributed by atoms with E-state index in [2.05, 4.69) is 9.97 Å². The molecule has 1 fully saturated rings.